The van der Waals surface area contributed by atoms with Crippen molar-refractivity contribution in [2.75, 3.05) is 13.1 Å². The van der Waals surface area contributed by atoms with Crippen LogP contribution >= 0.6 is 11.3 Å². The van der Waals surface area contributed by atoms with E-state index in [0.717, 1.165) is 36.0 Å². The van der Waals surface area contributed by atoms with Gasteiger partial charge in [0.1, 0.15) is 5.01 Å². The molecule has 2 aromatic rings. The van der Waals surface area contributed by atoms with E-state index in [-0.39, 0.29) is 6.04 Å². The first-order chi connectivity index (χ1) is 9.72. The van der Waals surface area contributed by atoms with Gasteiger partial charge >= 0.3 is 0 Å². The van der Waals surface area contributed by atoms with Crippen LogP contribution in [0.5, 0.6) is 0 Å². The van der Waals surface area contributed by atoms with E-state index in [1.165, 1.54) is 6.42 Å². The summed E-state index contributed by atoms with van der Waals surface area (Å²) in [6.45, 7) is 5.22. The molecule has 1 saturated heterocycles. The molecule has 0 amide bonds. The topological polar surface area (TPSA) is 55.0 Å². The van der Waals surface area contributed by atoms with Gasteiger partial charge in [-0.25, -0.2) is 4.98 Å². The van der Waals surface area contributed by atoms with Gasteiger partial charge in [0.05, 0.1) is 11.4 Å². The number of thiazole rings is 1. The Morgan fingerprint density at radius 1 is 1.45 bits per heavy atom. The number of piperidine rings is 1. The largest absolute Gasteiger partial charge is 0.326 e. The van der Waals surface area contributed by atoms with Crippen LogP contribution < -0.4 is 5.73 Å². The summed E-state index contributed by atoms with van der Waals surface area (Å²) in [6.07, 6.45) is 2.99. The fourth-order valence-electron chi connectivity index (χ4n) is 2.53. The van der Waals surface area contributed by atoms with Gasteiger partial charge in [0, 0.05) is 30.7 Å². The summed E-state index contributed by atoms with van der Waals surface area (Å²) in [5.41, 5.74) is 8.22. The van der Waals surface area contributed by atoms with Crippen LogP contribution in [0.25, 0.3) is 10.7 Å². The molecule has 3 heterocycles. The smallest absolute Gasteiger partial charge is 0.142 e. The second kappa shape index (κ2) is 5.99. The normalized spacial score (nSPS) is 23.9. The van der Waals surface area contributed by atoms with Crippen LogP contribution in [0, 0.1) is 5.92 Å². The Morgan fingerprint density at radius 2 is 2.35 bits per heavy atom. The first-order valence-electron chi connectivity index (χ1n) is 7.06. The summed E-state index contributed by atoms with van der Waals surface area (Å²) in [7, 11) is 0. The van der Waals surface area contributed by atoms with Crippen molar-refractivity contribution in [3.63, 3.8) is 0 Å². The zero-order chi connectivity index (χ0) is 13.9. The number of hydrogen-bond donors (Lipinski definition) is 1. The van der Waals surface area contributed by atoms with Crippen LogP contribution in [0.4, 0.5) is 0 Å². The number of hydrogen-bond acceptors (Lipinski definition) is 5. The molecule has 0 aliphatic carbocycles. The summed E-state index contributed by atoms with van der Waals surface area (Å²) >= 11 is 1.66. The van der Waals surface area contributed by atoms with Crippen LogP contribution in [0.1, 0.15) is 19.0 Å². The minimum atomic E-state index is 0.289. The Labute approximate surface area is 123 Å². The van der Waals surface area contributed by atoms with Crippen LogP contribution in [0.15, 0.2) is 29.8 Å². The van der Waals surface area contributed by atoms with Gasteiger partial charge in [0.2, 0.25) is 0 Å². The Bertz CT molecular complexity index is 554. The van der Waals surface area contributed by atoms with E-state index < -0.39 is 0 Å². The van der Waals surface area contributed by atoms with Gasteiger partial charge in [-0.15, -0.1) is 11.3 Å². The average Bonchev–Trinajstić information content (AvgIpc) is 2.92. The second-order valence-electron chi connectivity index (χ2n) is 5.52. The standard InChI is InChI=1S/C15H20N4S/c1-11-5-7-19(9-13(11)16)8-12-10-20-15(18-12)14-4-2-3-6-17-14/h2-4,6,10-11,13H,5,7-9,16H2,1H3. The van der Waals surface area contributed by atoms with Crippen LogP contribution in [0.3, 0.4) is 0 Å². The Morgan fingerprint density at radius 3 is 3.10 bits per heavy atom. The molecule has 5 heteroatoms. The summed E-state index contributed by atoms with van der Waals surface area (Å²) in [5, 5.41) is 3.13. The van der Waals surface area contributed by atoms with Crippen molar-refractivity contribution >= 4 is 11.3 Å². The van der Waals surface area contributed by atoms with Crippen molar-refractivity contribution in [3.05, 3.63) is 35.5 Å². The van der Waals surface area contributed by atoms with Crippen LogP contribution in [-0.4, -0.2) is 34.0 Å². The number of rotatable bonds is 3. The summed E-state index contributed by atoms with van der Waals surface area (Å²) < 4.78 is 0. The van der Waals surface area contributed by atoms with E-state index in [9.17, 15) is 0 Å². The van der Waals surface area contributed by atoms with Crippen LogP contribution in [0.2, 0.25) is 0 Å². The zero-order valence-corrected chi connectivity index (χ0v) is 12.5. The first kappa shape index (κ1) is 13.7. The highest BCUT2D eigenvalue weighted by Gasteiger charge is 2.23. The lowest BCUT2D eigenvalue weighted by molar-refractivity contribution is 0.161. The molecule has 3 rings (SSSR count). The van der Waals surface area contributed by atoms with Gasteiger partial charge in [0.15, 0.2) is 0 Å². The Balaban J connectivity index is 1.66. The second-order valence-corrected chi connectivity index (χ2v) is 6.38. The Kier molecular flexibility index (Phi) is 4.10. The third-order valence-corrected chi connectivity index (χ3v) is 4.84. The van der Waals surface area contributed by atoms with E-state index in [4.69, 9.17) is 10.7 Å². The molecule has 1 aliphatic heterocycles. The maximum Gasteiger partial charge on any atom is 0.142 e. The predicted octanol–water partition coefficient (Wildman–Crippen LogP) is 2.37. The lowest BCUT2D eigenvalue weighted by Crippen LogP contribution is -2.47. The van der Waals surface area contributed by atoms with Gasteiger partial charge in [-0.3, -0.25) is 9.88 Å². The molecule has 0 bridgehead atoms. The number of nitrogens with two attached hydrogens (primary N) is 1. The summed E-state index contributed by atoms with van der Waals surface area (Å²) in [4.78, 5) is 11.4. The molecule has 1 aliphatic rings. The average molecular weight is 288 g/mol. The van der Waals surface area contributed by atoms with E-state index in [0.29, 0.717) is 5.92 Å². The van der Waals surface area contributed by atoms with Crippen molar-refractivity contribution in [1.29, 1.82) is 0 Å². The quantitative estimate of drug-likeness (QED) is 0.942. The highest BCUT2D eigenvalue weighted by Crippen LogP contribution is 2.23. The van der Waals surface area contributed by atoms with Crippen molar-refractivity contribution in [3.8, 4) is 10.7 Å². The molecule has 0 saturated carbocycles. The molecule has 4 nitrogen and oxygen atoms in total. The molecule has 0 spiro atoms. The number of likely N-dealkylation sites (tertiary alicyclic amines) is 1. The maximum atomic E-state index is 6.15. The van der Waals surface area contributed by atoms with Gasteiger partial charge in [-0.2, -0.15) is 0 Å². The molecule has 0 radical (unpaired) electrons. The van der Waals surface area contributed by atoms with Gasteiger partial charge in [-0.1, -0.05) is 13.0 Å². The van der Waals surface area contributed by atoms with E-state index in [1.807, 2.05) is 18.2 Å². The van der Waals surface area contributed by atoms with Crippen molar-refractivity contribution in [2.24, 2.45) is 11.7 Å². The summed E-state index contributed by atoms with van der Waals surface area (Å²) in [5.74, 6) is 0.630. The maximum absolute atomic E-state index is 6.15. The number of nitrogens with zero attached hydrogens (tertiary/aromatic N) is 3. The third-order valence-electron chi connectivity index (χ3n) is 3.92. The molecule has 2 atom stereocenters. The first-order valence-corrected chi connectivity index (χ1v) is 7.94. The molecule has 1 fully saturated rings. The molecular formula is C15H20N4S. The molecule has 2 unspecified atom stereocenters. The lowest BCUT2D eigenvalue weighted by Gasteiger charge is -2.34. The molecule has 20 heavy (non-hydrogen) atoms. The highest BCUT2D eigenvalue weighted by molar-refractivity contribution is 7.13. The molecular weight excluding hydrogens is 268 g/mol. The van der Waals surface area contributed by atoms with Gasteiger partial charge < -0.3 is 5.73 Å². The molecule has 0 aromatic carbocycles. The monoisotopic (exact) mass is 288 g/mol. The highest BCUT2D eigenvalue weighted by atomic mass is 32.1. The summed E-state index contributed by atoms with van der Waals surface area (Å²) in [6, 6.07) is 6.21. The third kappa shape index (κ3) is 3.06. The molecule has 2 N–H and O–H groups in total. The molecule has 106 valence electrons. The SMILES string of the molecule is CC1CCN(Cc2csc(-c3ccccn3)n2)CC1N. The predicted molar refractivity (Wildman–Crippen MR) is 82.4 cm³/mol. The number of aromatic nitrogens is 2. The van der Waals surface area contributed by atoms with E-state index >= 15 is 0 Å². The van der Waals surface area contributed by atoms with Gasteiger partial charge in [-0.05, 0) is 31.0 Å². The van der Waals surface area contributed by atoms with Crippen molar-refractivity contribution < 1.29 is 0 Å². The van der Waals surface area contributed by atoms with Gasteiger partial charge in [0.25, 0.3) is 0 Å². The Hall–Kier alpha value is -1.30. The lowest BCUT2D eigenvalue weighted by atomic mass is 9.94. The fourth-order valence-corrected chi connectivity index (χ4v) is 3.32. The fraction of sp³-hybridized carbons (Fsp3) is 0.467. The van der Waals surface area contributed by atoms with Crippen LogP contribution in [-0.2, 0) is 6.54 Å². The van der Waals surface area contributed by atoms with E-state index in [2.05, 4.69) is 22.2 Å². The number of pyridine rings is 1. The van der Waals surface area contributed by atoms with Crippen molar-refractivity contribution in [2.45, 2.75) is 25.9 Å². The van der Waals surface area contributed by atoms with E-state index in [1.54, 1.807) is 17.5 Å². The zero-order valence-electron chi connectivity index (χ0n) is 11.7. The minimum absolute atomic E-state index is 0.289. The minimum Gasteiger partial charge on any atom is -0.326 e. The van der Waals surface area contributed by atoms with Crippen molar-refractivity contribution in [1.82, 2.24) is 14.9 Å². The molecule has 2 aromatic heterocycles.